The monoisotopic (exact) mass is 572 g/mol. The summed E-state index contributed by atoms with van der Waals surface area (Å²) in [6.45, 7) is 1.17. The van der Waals surface area contributed by atoms with Crippen molar-refractivity contribution in [3.05, 3.63) is 77.5 Å². The molecule has 0 aliphatic carbocycles. The van der Waals surface area contributed by atoms with Gasteiger partial charge in [0, 0.05) is 50.6 Å². The van der Waals surface area contributed by atoms with E-state index in [0.29, 0.717) is 24.2 Å². The topological polar surface area (TPSA) is 157 Å². The molecule has 7 N–H and O–H groups in total. The minimum atomic E-state index is -4.50. The summed E-state index contributed by atoms with van der Waals surface area (Å²) in [4.78, 5) is 44.7. The highest BCUT2D eigenvalue weighted by Crippen LogP contribution is 2.29. The Labute approximate surface area is 236 Å². The molecule has 0 aliphatic rings. The largest absolute Gasteiger partial charge is 0.416 e. The molecule has 0 unspecified atom stereocenters. The maximum atomic E-state index is 13.4. The number of alkyl halides is 3. The predicted octanol–water partition coefficient (Wildman–Crippen LogP) is 1.95. The lowest BCUT2D eigenvalue weighted by molar-refractivity contribution is -0.137. The van der Waals surface area contributed by atoms with Crippen molar-refractivity contribution >= 4 is 28.5 Å². The zero-order valence-electron chi connectivity index (χ0n) is 22.6. The van der Waals surface area contributed by atoms with Gasteiger partial charge in [0.15, 0.2) is 5.78 Å². The number of hydrogen-bond donors (Lipinski definition) is 4. The number of nitrogens with zero attached hydrogens (tertiary/aromatic N) is 2. The van der Waals surface area contributed by atoms with Crippen LogP contribution in [-0.4, -0.2) is 65.7 Å². The summed E-state index contributed by atoms with van der Waals surface area (Å²) < 4.78 is 39.1. The van der Waals surface area contributed by atoms with E-state index in [1.807, 2.05) is 30.3 Å². The van der Waals surface area contributed by atoms with E-state index in [-0.39, 0.29) is 50.5 Å². The summed E-state index contributed by atoms with van der Waals surface area (Å²) >= 11 is 0. The highest BCUT2D eigenvalue weighted by Gasteiger charge is 2.30. The number of halogens is 3. The summed E-state index contributed by atoms with van der Waals surface area (Å²) in [5.41, 5.74) is 18.1. The number of nitrogens with one attached hydrogen (secondary N) is 1. The van der Waals surface area contributed by atoms with Crippen molar-refractivity contribution in [3.63, 3.8) is 0 Å². The van der Waals surface area contributed by atoms with Crippen molar-refractivity contribution in [2.75, 3.05) is 26.2 Å². The molecule has 0 fully saturated rings. The number of carbonyl (C=O) groups excluding carboxylic acids is 3. The zero-order valence-corrected chi connectivity index (χ0v) is 22.6. The lowest BCUT2D eigenvalue weighted by atomic mass is 9.96. The van der Waals surface area contributed by atoms with Gasteiger partial charge in [0.1, 0.15) is 0 Å². The Balaban J connectivity index is 1.73. The van der Waals surface area contributed by atoms with Gasteiger partial charge in [0.2, 0.25) is 11.8 Å². The zero-order chi connectivity index (χ0) is 30.0. The maximum Gasteiger partial charge on any atom is 0.416 e. The molecule has 0 saturated heterocycles. The SMILES string of the molecule is NCCN(CCN)C(=O)CC[C@H](N)C(=O)N[C@@H](Cc1ccc(C(F)(F)F)cc1)C(=O)Cc1cnc2ccccc2c1. The summed E-state index contributed by atoms with van der Waals surface area (Å²) in [7, 11) is 0. The van der Waals surface area contributed by atoms with Crippen molar-refractivity contribution in [2.24, 2.45) is 17.2 Å². The minimum absolute atomic E-state index is 0.0190. The predicted molar refractivity (Wildman–Crippen MR) is 149 cm³/mol. The van der Waals surface area contributed by atoms with Crippen LogP contribution in [0.25, 0.3) is 10.9 Å². The molecule has 0 aliphatic heterocycles. The lowest BCUT2D eigenvalue weighted by Gasteiger charge is -2.23. The van der Waals surface area contributed by atoms with Gasteiger partial charge in [-0.3, -0.25) is 19.4 Å². The molecule has 1 heterocycles. The lowest BCUT2D eigenvalue weighted by Crippen LogP contribution is -2.50. The van der Waals surface area contributed by atoms with E-state index in [1.165, 1.54) is 17.0 Å². The number of carbonyl (C=O) groups is 3. The number of aromatic nitrogens is 1. The van der Waals surface area contributed by atoms with Gasteiger partial charge in [-0.2, -0.15) is 13.2 Å². The number of fused-ring (bicyclic) bond motifs is 1. The van der Waals surface area contributed by atoms with E-state index < -0.39 is 29.7 Å². The molecule has 2 amide bonds. The third kappa shape index (κ3) is 9.34. The van der Waals surface area contributed by atoms with Gasteiger partial charge in [-0.25, -0.2) is 0 Å². The van der Waals surface area contributed by atoms with Gasteiger partial charge in [0.05, 0.1) is 23.2 Å². The van der Waals surface area contributed by atoms with E-state index >= 15 is 0 Å². The van der Waals surface area contributed by atoms with Gasteiger partial charge in [-0.1, -0.05) is 30.3 Å². The van der Waals surface area contributed by atoms with Crippen LogP contribution in [0.5, 0.6) is 0 Å². The van der Waals surface area contributed by atoms with Crippen molar-refractivity contribution in [1.82, 2.24) is 15.2 Å². The molecule has 0 radical (unpaired) electrons. The average molecular weight is 573 g/mol. The van der Waals surface area contributed by atoms with E-state index in [0.717, 1.165) is 23.0 Å². The fraction of sp³-hybridized carbons (Fsp3) is 0.379. The van der Waals surface area contributed by atoms with Crippen molar-refractivity contribution in [1.29, 1.82) is 0 Å². The number of hydrogen-bond acceptors (Lipinski definition) is 7. The molecule has 0 spiro atoms. The second-order valence-electron chi connectivity index (χ2n) is 9.74. The first-order valence-electron chi connectivity index (χ1n) is 13.3. The Morgan fingerprint density at radius 3 is 2.24 bits per heavy atom. The molecule has 220 valence electrons. The van der Waals surface area contributed by atoms with Crippen LogP contribution in [0.4, 0.5) is 13.2 Å². The molecular weight excluding hydrogens is 537 g/mol. The minimum Gasteiger partial charge on any atom is -0.345 e. The van der Waals surface area contributed by atoms with Gasteiger partial charge >= 0.3 is 6.18 Å². The van der Waals surface area contributed by atoms with Crippen LogP contribution in [0.2, 0.25) is 0 Å². The van der Waals surface area contributed by atoms with Gasteiger partial charge < -0.3 is 27.4 Å². The van der Waals surface area contributed by atoms with Crippen LogP contribution < -0.4 is 22.5 Å². The summed E-state index contributed by atoms with van der Waals surface area (Å²) in [6.07, 6.45) is -3.04. The summed E-state index contributed by atoms with van der Waals surface area (Å²) in [6, 6.07) is 11.5. The number of ketones is 1. The van der Waals surface area contributed by atoms with Crippen molar-refractivity contribution < 1.29 is 27.6 Å². The standard InChI is InChI=1S/C29H35F3N6O3/c30-29(31,32)22-7-5-19(6-8-22)16-25(26(39)17-20-15-21-3-1-2-4-24(21)36-18-20)37-28(41)23(35)9-10-27(40)38(13-11-33)14-12-34/h1-8,15,18,23,25H,9-14,16-17,33-35H2,(H,37,41)/t23-,25-/m0/s1. The highest BCUT2D eigenvalue weighted by atomic mass is 19.4. The molecule has 0 bridgehead atoms. The summed E-state index contributed by atoms with van der Waals surface area (Å²) in [5.74, 6) is -1.26. The molecule has 1 aromatic heterocycles. The quantitative estimate of drug-likeness (QED) is 0.230. The highest BCUT2D eigenvalue weighted by molar-refractivity contribution is 5.93. The number of amides is 2. The smallest absolute Gasteiger partial charge is 0.345 e. The number of para-hydroxylation sites is 1. The number of Topliss-reactive ketones (excluding diaryl/α,β-unsaturated/α-hetero) is 1. The van der Waals surface area contributed by atoms with Crippen LogP contribution in [0.3, 0.4) is 0 Å². The van der Waals surface area contributed by atoms with Gasteiger partial charge in [-0.15, -0.1) is 0 Å². The number of pyridine rings is 1. The molecule has 3 rings (SSSR count). The van der Waals surface area contributed by atoms with Crippen LogP contribution in [0, 0.1) is 0 Å². The Kier molecular flexibility index (Phi) is 11.3. The molecule has 2 atom stereocenters. The summed E-state index contributed by atoms with van der Waals surface area (Å²) in [5, 5.41) is 3.49. The fourth-order valence-corrected chi connectivity index (χ4v) is 4.37. The second-order valence-corrected chi connectivity index (χ2v) is 9.74. The van der Waals surface area contributed by atoms with Crippen molar-refractivity contribution in [3.8, 4) is 0 Å². The Morgan fingerprint density at radius 1 is 0.951 bits per heavy atom. The first kappa shape index (κ1) is 31.7. The van der Waals surface area contributed by atoms with Gasteiger partial charge in [0.25, 0.3) is 0 Å². The molecule has 0 saturated carbocycles. The van der Waals surface area contributed by atoms with E-state index in [2.05, 4.69) is 10.3 Å². The first-order valence-corrected chi connectivity index (χ1v) is 13.3. The van der Waals surface area contributed by atoms with E-state index in [9.17, 15) is 27.6 Å². The maximum absolute atomic E-state index is 13.4. The molecule has 2 aromatic carbocycles. The molecule has 12 heteroatoms. The Hall–Kier alpha value is -3.87. The van der Waals surface area contributed by atoms with Crippen LogP contribution in [-0.2, 0) is 33.4 Å². The van der Waals surface area contributed by atoms with Crippen LogP contribution in [0.15, 0.2) is 60.8 Å². The van der Waals surface area contributed by atoms with Gasteiger partial charge in [-0.05, 0) is 48.2 Å². The molecular formula is C29H35F3N6O3. The second kappa shape index (κ2) is 14.7. The van der Waals surface area contributed by atoms with Crippen LogP contribution >= 0.6 is 0 Å². The average Bonchev–Trinajstić information content (AvgIpc) is 2.94. The fourth-order valence-electron chi connectivity index (χ4n) is 4.37. The molecule has 3 aromatic rings. The molecule has 41 heavy (non-hydrogen) atoms. The van der Waals surface area contributed by atoms with E-state index in [4.69, 9.17) is 17.2 Å². The Morgan fingerprint density at radius 2 is 1.61 bits per heavy atom. The van der Waals surface area contributed by atoms with E-state index in [1.54, 1.807) is 6.20 Å². The third-order valence-corrected chi connectivity index (χ3v) is 6.61. The number of benzene rings is 2. The van der Waals surface area contributed by atoms with Crippen LogP contribution in [0.1, 0.15) is 29.5 Å². The van der Waals surface area contributed by atoms with Crippen molar-refractivity contribution in [2.45, 2.75) is 43.9 Å². The number of rotatable bonds is 14. The first-order chi connectivity index (χ1) is 19.5. The molecule has 9 nitrogen and oxygen atoms in total. The Bertz CT molecular complexity index is 1330. The number of nitrogens with two attached hydrogens (primary N) is 3. The third-order valence-electron chi connectivity index (χ3n) is 6.61. The normalized spacial score (nSPS) is 13.0.